The Morgan fingerprint density at radius 1 is 1.06 bits per heavy atom. The van der Waals surface area contributed by atoms with E-state index in [2.05, 4.69) is 35.2 Å². The van der Waals surface area contributed by atoms with Gasteiger partial charge in [-0.05, 0) is 47.4 Å². The lowest BCUT2D eigenvalue weighted by molar-refractivity contribution is 0.249. The third kappa shape index (κ3) is 5.80. The highest BCUT2D eigenvalue weighted by atomic mass is 35.5. The van der Waals surface area contributed by atoms with E-state index in [9.17, 15) is 5.26 Å². The molecular weight excluding hydrogens is 509 g/mol. The lowest BCUT2D eigenvalue weighted by Gasteiger charge is -2.26. The summed E-state index contributed by atoms with van der Waals surface area (Å²) in [5.41, 5.74) is 4.92. The lowest BCUT2D eigenvalue weighted by atomic mass is 10.0. The monoisotopic (exact) mass is 531 g/mol. The number of ether oxygens (including phenoxy) is 1. The van der Waals surface area contributed by atoms with Gasteiger partial charge in [-0.15, -0.1) is 11.3 Å². The fourth-order valence-electron chi connectivity index (χ4n) is 4.24. The molecule has 0 amide bonds. The number of fused-ring (bicyclic) bond motifs is 1. The molecule has 5 rings (SSSR count). The summed E-state index contributed by atoms with van der Waals surface area (Å²) in [5.74, 6) is 0.715. The van der Waals surface area contributed by atoms with Gasteiger partial charge in [-0.3, -0.25) is 4.90 Å². The van der Waals surface area contributed by atoms with Crippen LogP contribution >= 0.6 is 34.5 Å². The minimum atomic E-state index is 0.340. The van der Waals surface area contributed by atoms with Crippen molar-refractivity contribution in [2.45, 2.75) is 26.1 Å². The van der Waals surface area contributed by atoms with E-state index in [-0.39, 0.29) is 0 Å². The Balaban J connectivity index is 1.28. The molecule has 180 valence electrons. The standard InChI is InChI=1S/C29H23Cl2N3OS/c30-23-10-9-22(27(31)14-23)19-35-24-8-4-7-21(13-24)16-33-29-26(15-32)25-11-12-34(18-28(25)36-29)17-20-5-2-1-3-6-20/h1-10,13-14,16H,11-12,17-19H2. The number of benzene rings is 3. The van der Waals surface area contributed by atoms with Crippen LogP contribution in [0.2, 0.25) is 10.0 Å². The largest absolute Gasteiger partial charge is 0.489 e. The molecule has 7 heteroatoms. The Morgan fingerprint density at radius 3 is 2.72 bits per heavy atom. The molecule has 4 aromatic rings. The molecule has 0 spiro atoms. The van der Waals surface area contributed by atoms with Crippen molar-refractivity contribution in [1.29, 1.82) is 5.26 Å². The predicted molar refractivity (Wildman–Crippen MR) is 148 cm³/mol. The van der Waals surface area contributed by atoms with Crippen molar-refractivity contribution in [1.82, 2.24) is 4.90 Å². The molecule has 0 bridgehead atoms. The molecule has 0 aliphatic carbocycles. The average Bonchev–Trinajstić information content (AvgIpc) is 3.24. The third-order valence-corrected chi connectivity index (χ3v) is 7.79. The minimum absolute atomic E-state index is 0.340. The van der Waals surface area contributed by atoms with Crippen LogP contribution in [0.15, 0.2) is 77.8 Å². The number of nitrogens with zero attached hydrogens (tertiary/aromatic N) is 3. The second-order valence-corrected chi connectivity index (χ2v) is 10.5. The maximum atomic E-state index is 9.85. The van der Waals surface area contributed by atoms with Gasteiger partial charge in [-0.1, -0.05) is 71.7 Å². The Bertz CT molecular complexity index is 1440. The second kappa shape index (κ2) is 11.3. The summed E-state index contributed by atoms with van der Waals surface area (Å²) in [5, 5.41) is 11.8. The fourth-order valence-corrected chi connectivity index (χ4v) is 5.89. The number of aliphatic imine (C=N–C) groups is 1. The van der Waals surface area contributed by atoms with Crippen LogP contribution in [0.4, 0.5) is 5.00 Å². The summed E-state index contributed by atoms with van der Waals surface area (Å²) >= 11 is 13.8. The molecule has 0 fully saturated rings. The van der Waals surface area contributed by atoms with Crippen LogP contribution < -0.4 is 4.74 Å². The molecule has 1 aromatic heterocycles. The SMILES string of the molecule is N#Cc1c(N=Cc2cccc(OCc3ccc(Cl)cc3Cl)c2)sc2c1CCN(Cc1ccccc1)C2. The van der Waals surface area contributed by atoms with E-state index in [1.54, 1.807) is 29.7 Å². The Hall–Kier alpha value is -3.14. The first-order chi connectivity index (χ1) is 17.6. The van der Waals surface area contributed by atoms with Crippen molar-refractivity contribution in [3.63, 3.8) is 0 Å². The molecule has 0 unspecified atom stereocenters. The van der Waals surface area contributed by atoms with E-state index in [0.29, 0.717) is 28.0 Å². The van der Waals surface area contributed by atoms with Gasteiger partial charge in [-0.25, -0.2) is 4.99 Å². The lowest BCUT2D eigenvalue weighted by Crippen LogP contribution is -2.29. The van der Waals surface area contributed by atoms with Crippen molar-refractivity contribution in [3.8, 4) is 11.8 Å². The molecule has 1 aliphatic heterocycles. The molecule has 2 heterocycles. The normalized spacial score (nSPS) is 13.5. The second-order valence-electron chi connectivity index (χ2n) is 8.60. The van der Waals surface area contributed by atoms with Crippen LogP contribution in [0.1, 0.15) is 32.7 Å². The van der Waals surface area contributed by atoms with Crippen LogP contribution in [0.25, 0.3) is 0 Å². The maximum Gasteiger partial charge on any atom is 0.134 e. The van der Waals surface area contributed by atoms with Gasteiger partial charge in [0.25, 0.3) is 0 Å². The zero-order chi connectivity index (χ0) is 24.9. The van der Waals surface area contributed by atoms with E-state index in [1.807, 2.05) is 36.4 Å². The minimum Gasteiger partial charge on any atom is -0.489 e. The number of rotatable bonds is 7. The molecule has 0 atom stereocenters. The first-order valence-corrected chi connectivity index (χ1v) is 13.2. The number of thiophene rings is 1. The van der Waals surface area contributed by atoms with E-state index in [1.165, 1.54) is 10.4 Å². The van der Waals surface area contributed by atoms with Crippen molar-refractivity contribution in [3.05, 3.63) is 116 Å². The highest BCUT2D eigenvalue weighted by molar-refractivity contribution is 7.16. The predicted octanol–water partition coefficient (Wildman–Crippen LogP) is 7.81. The van der Waals surface area contributed by atoms with Crippen LogP contribution in [0.5, 0.6) is 5.75 Å². The molecule has 0 saturated carbocycles. The van der Waals surface area contributed by atoms with Gasteiger partial charge in [0.05, 0.1) is 5.56 Å². The van der Waals surface area contributed by atoms with E-state index in [4.69, 9.17) is 32.9 Å². The van der Waals surface area contributed by atoms with E-state index in [0.717, 1.165) is 47.7 Å². The van der Waals surface area contributed by atoms with Gasteiger partial charge in [0, 0.05) is 46.3 Å². The summed E-state index contributed by atoms with van der Waals surface area (Å²) < 4.78 is 5.93. The highest BCUT2D eigenvalue weighted by Gasteiger charge is 2.24. The Kier molecular flexibility index (Phi) is 7.69. The van der Waals surface area contributed by atoms with E-state index >= 15 is 0 Å². The van der Waals surface area contributed by atoms with Gasteiger partial charge in [0.1, 0.15) is 23.4 Å². The summed E-state index contributed by atoms with van der Waals surface area (Å²) in [7, 11) is 0. The van der Waals surface area contributed by atoms with Crippen LogP contribution in [0, 0.1) is 11.3 Å². The molecular formula is C29H23Cl2N3OS. The molecule has 36 heavy (non-hydrogen) atoms. The molecule has 0 saturated heterocycles. The number of hydrogen-bond donors (Lipinski definition) is 0. The summed E-state index contributed by atoms with van der Waals surface area (Å²) in [6, 6.07) is 26.0. The molecule has 3 aromatic carbocycles. The van der Waals surface area contributed by atoms with Crippen LogP contribution in [-0.4, -0.2) is 17.7 Å². The van der Waals surface area contributed by atoms with Gasteiger partial charge >= 0.3 is 0 Å². The summed E-state index contributed by atoms with van der Waals surface area (Å²) in [6.45, 7) is 3.03. The first kappa shape index (κ1) is 24.5. The van der Waals surface area contributed by atoms with Crippen LogP contribution in [0.3, 0.4) is 0 Å². The summed E-state index contributed by atoms with van der Waals surface area (Å²) in [6.07, 6.45) is 2.66. The van der Waals surface area contributed by atoms with Crippen molar-refractivity contribution in [2.24, 2.45) is 4.99 Å². The first-order valence-electron chi connectivity index (χ1n) is 11.6. The topological polar surface area (TPSA) is 48.6 Å². The average molecular weight is 532 g/mol. The van der Waals surface area contributed by atoms with Gasteiger partial charge in [-0.2, -0.15) is 5.26 Å². The number of hydrogen-bond acceptors (Lipinski definition) is 5. The fraction of sp³-hybridized carbons (Fsp3) is 0.172. The van der Waals surface area contributed by atoms with Gasteiger partial charge < -0.3 is 4.74 Å². The quantitative estimate of drug-likeness (QED) is 0.228. The Morgan fingerprint density at radius 2 is 1.92 bits per heavy atom. The number of halogens is 2. The molecule has 0 radical (unpaired) electrons. The molecule has 1 aliphatic rings. The van der Waals surface area contributed by atoms with E-state index < -0.39 is 0 Å². The smallest absolute Gasteiger partial charge is 0.134 e. The highest BCUT2D eigenvalue weighted by Crippen LogP contribution is 2.38. The maximum absolute atomic E-state index is 9.85. The Labute approximate surface area is 225 Å². The zero-order valence-electron chi connectivity index (χ0n) is 19.5. The van der Waals surface area contributed by atoms with Gasteiger partial charge in [0.2, 0.25) is 0 Å². The van der Waals surface area contributed by atoms with Crippen LogP contribution in [-0.2, 0) is 26.1 Å². The molecule has 4 nitrogen and oxygen atoms in total. The molecule has 0 N–H and O–H groups in total. The van der Waals surface area contributed by atoms with Gasteiger partial charge in [0.15, 0.2) is 0 Å². The van der Waals surface area contributed by atoms with Crippen molar-refractivity contribution < 1.29 is 4.74 Å². The zero-order valence-corrected chi connectivity index (χ0v) is 21.8. The summed E-state index contributed by atoms with van der Waals surface area (Å²) in [4.78, 5) is 8.37. The number of nitriles is 1. The van der Waals surface area contributed by atoms with Crippen molar-refractivity contribution in [2.75, 3.05) is 6.54 Å². The van der Waals surface area contributed by atoms with Crippen molar-refractivity contribution >= 4 is 45.8 Å². The third-order valence-electron chi connectivity index (χ3n) is 6.08.